The van der Waals surface area contributed by atoms with Gasteiger partial charge in [0.05, 0.1) is 0 Å². The molecule has 78 valence electrons. The SMILES string of the molecule is CCCCC=CC(C)C(C)CCC. The van der Waals surface area contributed by atoms with Crippen molar-refractivity contribution >= 4 is 0 Å². The van der Waals surface area contributed by atoms with Crippen LogP contribution in [-0.4, -0.2) is 0 Å². The quantitative estimate of drug-likeness (QED) is 0.392. The molecule has 0 amide bonds. The van der Waals surface area contributed by atoms with Crippen LogP contribution in [0.2, 0.25) is 0 Å². The van der Waals surface area contributed by atoms with Crippen LogP contribution in [0.1, 0.15) is 59.8 Å². The third kappa shape index (κ3) is 6.86. The Bertz CT molecular complexity index is 124. The molecular weight excluding hydrogens is 156 g/mol. The van der Waals surface area contributed by atoms with Gasteiger partial charge in [-0.2, -0.15) is 0 Å². The zero-order valence-corrected chi connectivity index (χ0v) is 9.84. The molecule has 0 heteroatoms. The predicted octanol–water partition coefficient (Wildman–Crippen LogP) is 4.81. The summed E-state index contributed by atoms with van der Waals surface area (Å²) in [7, 11) is 0. The van der Waals surface area contributed by atoms with E-state index in [-0.39, 0.29) is 0 Å². The highest BCUT2D eigenvalue weighted by Crippen LogP contribution is 2.18. The maximum atomic E-state index is 2.40. The Kier molecular flexibility index (Phi) is 8.18. The molecule has 0 nitrogen and oxygen atoms in total. The average molecular weight is 182 g/mol. The van der Waals surface area contributed by atoms with Crippen LogP contribution in [0.3, 0.4) is 0 Å². The van der Waals surface area contributed by atoms with E-state index in [2.05, 4.69) is 39.8 Å². The van der Waals surface area contributed by atoms with Crippen LogP contribution >= 0.6 is 0 Å². The summed E-state index contributed by atoms with van der Waals surface area (Å²) in [5.41, 5.74) is 0. The molecule has 0 saturated carbocycles. The van der Waals surface area contributed by atoms with E-state index in [0.29, 0.717) is 0 Å². The normalized spacial score (nSPS) is 16.3. The third-order valence-corrected chi connectivity index (χ3v) is 2.81. The molecule has 0 aliphatic heterocycles. The molecule has 0 bridgehead atoms. The fourth-order valence-electron chi connectivity index (χ4n) is 1.54. The molecule has 0 aromatic heterocycles. The smallest absolute Gasteiger partial charge is 0.0236 e. The van der Waals surface area contributed by atoms with E-state index in [9.17, 15) is 0 Å². The van der Waals surface area contributed by atoms with Crippen molar-refractivity contribution in [1.82, 2.24) is 0 Å². The Balaban J connectivity index is 3.58. The largest absolute Gasteiger partial charge is 0.0883 e. The number of unbranched alkanes of at least 4 members (excludes halogenated alkanes) is 2. The molecule has 0 aromatic rings. The van der Waals surface area contributed by atoms with Gasteiger partial charge in [-0.15, -0.1) is 0 Å². The van der Waals surface area contributed by atoms with Gasteiger partial charge in [0.25, 0.3) is 0 Å². The highest BCUT2D eigenvalue weighted by atomic mass is 14.1. The third-order valence-electron chi connectivity index (χ3n) is 2.81. The molecule has 0 aromatic carbocycles. The summed E-state index contributed by atoms with van der Waals surface area (Å²) >= 11 is 0. The van der Waals surface area contributed by atoms with E-state index in [1.165, 1.54) is 32.1 Å². The summed E-state index contributed by atoms with van der Waals surface area (Å²) in [6, 6.07) is 0. The van der Waals surface area contributed by atoms with Crippen molar-refractivity contribution in [2.45, 2.75) is 59.8 Å². The molecule has 0 radical (unpaired) electrons. The lowest BCUT2D eigenvalue weighted by atomic mass is 9.91. The van der Waals surface area contributed by atoms with E-state index in [4.69, 9.17) is 0 Å². The van der Waals surface area contributed by atoms with Crippen molar-refractivity contribution in [3.05, 3.63) is 12.2 Å². The lowest BCUT2D eigenvalue weighted by Gasteiger charge is -2.14. The van der Waals surface area contributed by atoms with Crippen molar-refractivity contribution in [2.75, 3.05) is 0 Å². The minimum Gasteiger partial charge on any atom is -0.0883 e. The first-order valence-electron chi connectivity index (χ1n) is 5.89. The lowest BCUT2D eigenvalue weighted by molar-refractivity contribution is 0.423. The van der Waals surface area contributed by atoms with Gasteiger partial charge in [0.15, 0.2) is 0 Å². The summed E-state index contributed by atoms with van der Waals surface area (Å²) in [4.78, 5) is 0. The highest BCUT2D eigenvalue weighted by Gasteiger charge is 2.06. The van der Waals surface area contributed by atoms with Gasteiger partial charge >= 0.3 is 0 Å². The first-order valence-corrected chi connectivity index (χ1v) is 5.89. The van der Waals surface area contributed by atoms with E-state index < -0.39 is 0 Å². The van der Waals surface area contributed by atoms with Gasteiger partial charge in [0, 0.05) is 0 Å². The average Bonchev–Trinajstić information content (AvgIpc) is 2.12. The molecule has 2 unspecified atom stereocenters. The highest BCUT2D eigenvalue weighted by molar-refractivity contribution is 4.88. The molecule has 0 rings (SSSR count). The van der Waals surface area contributed by atoms with Crippen LogP contribution in [0.4, 0.5) is 0 Å². The minimum atomic E-state index is 0.761. The number of allylic oxidation sites excluding steroid dienone is 2. The maximum absolute atomic E-state index is 2.40. The first-order chi connectivity index (χ1) is 6.22. The van der Waals surface area contributed by atoms with Gasteiger partial charge in [-0.3, -0.25) is 0 Å². The molecule has 0 fully saturated rings. The monoisotopic (exact) mass is 182 g/mol. The van der Waals surface area contributed by atoms with Crippen LogP contribution in [-0.2, 0) is 0 Å². The second-order valence-corrected chi connectivity index (χ2v) is 4.20. The number of hydrogen-bond acceptors (Lipinski definition) is 0. The molecule has 2 atom stereocenters. The van der Waals surface area contributed by atoms with Crippen LogP contribution in [0.5, 0.6) is 0 Å². The zero-order valence-electron chi connectivity index (χ0n) is 9.84. The van der Waals surface area contributed by atoms with Gasteiger partial charge in [-0.1, -0.05) is 65.5 Å². The molecule has 0 aliphatic rings. The van der Waals surface area contributed by atoms with Crippen LogP contribution in [0.15, 0.2) is 12.2 Å². The van der Waals surface area contributed by atoms with Gasteiger partial charge < -0.3 is 0 Å². The predicted molar refractivity (Wildman–Crippen MR) is 61.9 cm³/mol. The molecule has 13 heavy (non-hydrogen) atoms. The second-order valence-electron chi connectivity index (χ2n) is 4.20. The van der Waals surface area contributed by atoms with Gasteiger partial charge in [0.2, 0.25) is 0 Å². The fourth-order valence-corrected chi connectivity index (χ4v) is 1.54. The Morgan fingerprint density at radius 2 is 1.77 bits per heavy atom. The van der Waals surface area contributed by atoms with Gasteiger partial charge in [0.1, 0.15) is 0 Å². The molecule has 0 heterocycles. The van der Waals surface area contributed by atoms with E-state index in [1.807, 2.05) is 0 Å². The first kappa shape index (κ1) is 12.7. The van der Waals surface area contributed by atoms with Crippen molar-refractivity contribution in [2.24, 2.45) is 11.8 Å². The summed E-state index contributed by atoms with van der Waals surface area (Å²) in [5, 5.41) is 0. The minimum absolute atomic E-state index is 0.761. The van der Waals surface area contributed by atoms with Crippen molar-refractivity contribution in [3.63, 3.8) is 0 Å². The van der Waals surface area contributed by atoms with Crippen LogP contribution in [0, 0.1) is 11.8 Å². The van der Waals surface area contributed by atoms with E-state index in [1.54, 1.807) is 0 Å². The fraction of sp³-hybridized carbons (Fsp3) is 0.846. The number of hydrogen-bond donors (Lipinski definition) is 0. The van der Waals surface area contributed by atoms with E-state index >= 15 is 0 Å². The second kappa shape index (κ2) is 8.34. The van der Waals surface area contributed by atoms with Crippen molar-refractivity contribution in [1.29, 1.82) is 0 Å². The van der Waals surface area contributed by atoms with Gasteiger partial charge in [-0.05, 0) is 18.3 Å². The molecule has 0 saturated heterocycles. The molecule has 0 spiro atoms. The standard InChI is InChI=1S/C13H26/c1-5-7-8-9-11-13(4)12(3)10-6-2/h9,11-13H,5-8,10H2,1-4H3. The Hall–Kier alpha value is -0.260. The summed E-state index contributed by atoms with van der Waals surface area (Å²) in [6.07, 6.45) is 11.3. The Morgan fingerprint density at radius 1 is 1.08 bits per heavy atom. The van der Waals surface area contributed by atoms with E-state index in [0.717, 1.165) is 11.8 Å². The number of rotatable bonds is 7. The summed E-state index contributed by atoms with van der Waals surface area (Å²) < 4.78 is 0. The van der Waals surface area contributed by atoms with Crippen LogP contribution in [0.25, 0.3) is 0 Å². The molecule has 0 aliphatic carbocycles. The van der Waals surface area contributed by atoms with Crippen LogP contribution < -0.4 is 0 Å². The lowest BCUT2D eigenvalue weighted by Crippen LogP contribution is -2.04. The van der Waals surface area contributed by atoms with Crippen molar-refractivity contribution in [3.8, 4) is 0 Å². The van der Waals surface area contributed by atoms with Gasteiger partial charge in [-0.25, -0.2) is 0 Å². The zero-order chi connectivity index (χ0) is 10.1. The topological polar surface area (TPSA) is 0 Å². The molecular formula is C13H26. The Labute approximate surface area is 84.4 Å². The Morgan fingerprint density at radius 3 is 2.31 bits per heavy atom. The van der Waals surface area contributed by atoms with Crippen molar-refractivity contribution < 1.29 is 0 Å². The summed E-state index contributed by atoms with van der Waals surface area (Å²) in [5.74, 6) is 1.61. The summed E-state index contributed by atoms with van der Waals surface area (Å²) in [6.45, 7) is 9.21. The molecule has 0 N–H and O–H groups in total. The maximum Gasteiger partial charge on any atom is -0.0236 e.